The minimum Gasteiger partial charge on any atom is -0.326 e. The fourth-order valence-electron chi connectivity index (χ4n) is 3.60. The van der Waals surface area contributed by atoms with Crippen LogP contribution in [0.5, 0.6) is 0 Å². The van der Waals surface area contributed by atoms with Gasteiger partial charge in [0, 0.05) is 36.8 Å². The number of benzene rings is 2. The minimum absolute atomic E-state index is 0.0840. The monoisotopic (exact) mass is 346 g/mol. The molecule has 1 aliphatic rings. The van der Waals surface area contributed by atoms with Crippen molar-refractivity contribution in [2.75, 3.05) is 11.9 Å². The summed E-state index contributed by atoms with van der Waals surface area (Å²) in [7, 11) is 0. The highest BCUT2D eigenvalue weighted by molar-refractivity contribution is 5.94. The molecule has 0 bridgehead atoms. The maximum atomic E-state index is 12.0. The maximum Gasteiger partial charge on any atom is 0.225 e. The van der Waals surface area contributed by atoms with E-state index in [1.165, 1.54) is 5.56 Å². The number of aryl methyl sites for hydroxylation is 1. The highest BCUT2D eigenvalue weighted by atomic mass is 16.1. The number of nitrogens with one attached hydrogen (secondary N) is 2. The van der Waals surface area contributed by atoms with Crippen LogP contribution in [0.15, 0.2) is 60.8 Å². The van der Waals surface area contributed by atoms with Crippen molar-refractivity contribution in [2.24, 2.45) is 0 Å². The topological polar surface area (TPSA) is 59.0 Å². The average molecular weight is 346 g/mol. The number of hydrogen-bond donors (Lipinski definition) is 2. The van der Waals surface area contributed by atoms with Crippen LogP contribution in [-0.4, -0.2) is 22.0 Å². The number of carbonyl (C=O) groups excluding carboxylic acids is 1. The third-order valence-corrected chi connectivity index (χ3v) is 4.83. The molecular weight excluding hydrogens is 324 g/mol. The van der Waals surface area contributed by atoms with Crippen LogP contribution in [0.2, 0.25) is 0 Å². The quantitative estimate of drug-likeness (QED) is 0.744. The Kier molecular flexibility index (Phi) is 4.54. The first-order chi connectivity index (χ1) is 12.7. The first kappa shape index (κ1) is 16.5. The first-order valence-corrected chi connectivity index (χ1v) is 8.90. The summed E-state index contributed by atoms with van der Waals surface area (Å²) in [5.74, 6) is 1.24. The lowest BCUT2D eigenvalue weighted by molar-refractivity contribution is -0.116. The zero-order valence-corrected chi connectivity index (χ0v) is 14.8. The lowest BCUT2D eigenvalue weighted by Crippen LogP contribution is -2.30. The van der Waals surface area contributed by atoms with Crippen LogP contribution in [-0.2, 0) is 11.3 Å². The Morgan fingerprint density at radius 2 is 1.92 bits per heavy atom. The smallest absolute Gasteiger partial charge is 0.225 e. The molecule has 5 nitrogen and oxygen atoms in total. The molecule has 1 atom stereocenters. The van der Waals surface area contributed by atoms with Crippen molar-refractivity contribution in [3.05, 3.63) is 77.9 Å². The van der Waals surface area contributed by atoms with Crippen LogP contribution in [0.25, 0.3) is 5.69 Å². The van der Waals surface area contributed by atoms with E-state index in [0.29, 0.717) is 13.0 Å². The third-order valence-electron chi connectivity index (χ3n) is 4.83. The van der Waals surface area contributed by atoms with Gasteiger partial charge in [0.1, 0.15) is 5.82 Å². The van der Waals surface area contributed by atoms with Gasteiger partial charge in [0.15, 0.2) is 0 Å². The summed E-state index contributed by atoms with van der Waals surface area (Å²) in [5, 5.41) is 6.47. The molecule has 26 heavy (non-hydrogen) atoms. The van der Waals surface area contributed by atoms with Crippen molar-refractivity contribution in [3.8, 4) is 5.69 Å². The Labute approximate surface area is 153 Å². The van der Waals surface area contributed by atoms with E-state index in [1.54, 1.807) is 0 Å². The van der Waals surface area contributed by atoms with Gasteiger partial charge in [0.25, 0.3) is 0 Å². The molecule has 1 unspecified atom stereocenters. The van der Waals surface area contributed by atoms with Crippen molar-refractivity contribution in [2.45, 2.75) is 25.8 Å². The first-order valence-electron chi connectivity index (χ1n) is 8.90. The molecule has 0 saturated carbocycles. The molecule has 2 heterocycles. The second kappa shape index (κ2) is 7.14. The van der Waals surface area contributed by atoms with Gasteiger partial charge < -0.3 is 10.6 Å². The summed E-state index contributed by atoms with van der Waals surface area (Å²) in [5.41, 5.74) is 4.36. The zero-order chi connectivity index (χ0) is 17.9. The Hall–Kier alpha value is -2.92. The maximum absolute atomic E-state index is 12.0. The number of rotatable bonds is 5. The molecular formula is C21H22N4O. The van der Waals surface area contributed by atoms with E-state index in [4.69, 9.17) is 0 Å². The summed E-state index contributed by atoms with van der Waals surface area (Å²) >= 11 is 0. The Bertz CT molecular complexity index is 917. The highest BCUT2D eigenvalue weighted by Crippen LogP contribution is 2.31. The highest BCUT2D eigenvalue weighted by Gasteiger charge is 2.24. The standard InChI is InChI=1S/C21H22N4O/c1-15-23-14-18(25(15)17-7-3-2-4-8-17)13-22-12-16-11-21(26)24-20-10-6-5-9-19(16)20/h2-10,14,16,22H,11-13H2,1H3,(H,24,26). The van der Waals surface area contributed by atoms with Crippen LogP contribution < -0.4 is 10.6 Å². The summed E-state index contributed by atoms with van der Waals surface area (Å²) in [6, 6.07) is 18.3. The number of fused-ring (bicyclic) bond motifs is 1. The molecule has 3 aromatic rings. The van der Waals surface area contributed by atoms with Gasteiger partial charge in [-0.25, -0.2) is 4.98 Å². The fourth-order valence-corrected chi connectivity index (χ4v) is 3.60. The second-order valence-electron chi connectivity index (χ2n) is 6.64. The van der Waals surface area contributed by atoms with Crippen LogP contribution in [0.3, 0.4) is 0 Å². The number of anilines is 1. The molecule has 0 fully saturated rings. The Morgan fingerprint density at radius 1 is 1.15 bits per heavy atom. The molecule has 132 valence electrons. The normalized spacial score (nSPS) is 16.2. The van der Waals surface area contributed by atoms with Crippen LogP contribution in [0.4, 0.5) is 5.69 Å². The zero-order valence-electron chi connectivity index (χ0n) is 14.8. The molecule has 2 N–H and O–H groups in total. The lowest BCUT2D eigenvalue weighted by atomic mass is 9.90. The Morgan fingerprint density at radius 3 is 2.77 bits per heavy atom. The molecule has 2 aromatic carbocycles. The number of nitrogens with zero attached hydrogens (tertiary/aromatic N) is 2. The van der Waals surface area contributed by atoms with Crippen molar-refractivity contribution < 1.29 is 4.79 Å². The second-order valence-corrected chi connectivity index (χ2v) is 6.64. The van der Waals surface area contributed by atoms with Gasteiger partial charge >= 0.3 is 0 Å². The average Bonchev–Trinajstić information content (AvgIpc) is 3.03. The summed E-state index contributed by atoms with van der Waals surface area (Å²) in [6.07, 6.45) is 2.43. The Balaban J connectivity index is 1.48. The summed E-state index contributed by atoms with van der Waals surface area (Å²) in [4.78, 5) is 16.4. The van der Waals surface area contributed by atoms with Gasteiger partial charge in [-0.05, 0) is 30.7 Å². The lowest BCUT2D eigenvalue weighted by Gasteiger charge is -2.25. The van der Waals surface area contributed by atoms with Gasteiger partial charge in [-0.15, -0.1) is 0 Å². The van der Waals surface area contributed by atoms with Crippen LogP contribution in [0, 0.1) is 6.92 Å². The van der Waals surface area contributed by atoms with E-state index in [9.17, 15) is 4.79 Å². The third kappa shape index (κ3) is 3.26. The van der Waals surface area contributed by atoms with E-state index in [1.807, 2.05) is 49.5 Å². The number of amides is 1. The molecule has 0 radical (unpaired) electrons. The fraction of sp³-hybridized carbons (Fsp3) is 0.238. The number of imidazole rings is 1. The molecule has 1 amide bonds. The van der Waals surface area contributed by atoms with E-state index in [-0.39, 0.29) is 11.8 Å². The summed E-state index contributed by atoms with van der Waals surface area (Å²) in [6.45, 7) is 3.47. The SMILES string of the molecule is Cc1ncc(CNCC2CC(=O)Nc3ccccc32)n1-c1ccccc1. The molecule has 0 aliphatic carbocycles. The molecule has 0 saturated heterocycles. The largest absolute Gasteiger partial charge is 0.326 e. The van der Waals surface area contributed by atoms with Crippen molar-refractivity contribution in [1.29, 1.82) is 0 Å². The number of aromatic nitrogens is 2. The number of carbonyl (C=O) groups is 1. The van der Waals surface area contributed by atoms with E-state index in [0.717, 1.165) is 29.4 Å². The van der Waals surface area contributed by atoms with Crippen molar-refractivity contribution in [3.63, 3.8) is 0 Å². The molecule has 1 aromatic heterocycles. The number of para-hydroxylation sites is 2. The van der Waals surface area contributed by atoms with E-state index in [2.05, 4.69) is 38.4 Å². The molecule has 4 rings (SSSR count). The van der Waals surface area contributed by atoms with E-state index >= 15 is 0 Å². The minimum atomic E-state index is 0.0840. The summed E-state index contributed by atoms with van der Waals surface area (Å²) < 4.78 is 2.16. The molecule has 0 spiro atoms. The van der Waals surface area contributed by atoms with Crippen molar-refractivity contribution in [1.82, 2.24) is 14.9 Å². The van der Waals surface area contributed by atoms with Crippen molar-refractivity contribution >= 4 is 11.6 Å². The van der Waals surface area contributed by atoms with Crippen LogP contribution >= 0.6 is 0 Å². The predicted molar refractivity (Wildman–Crippen MR) is 102 cm³/mol. The van der Waals surface area contributed by atoms with Crippen LogP contribution in [0.1, 0.15) is 29.4 Å². The van der Waals surface area contributed by atoms with Gasteiger partial charge in [0.05, 0.1) is 11.9 Å². The predicted octanol–water partition coefficient (Wildman–Crippen LogP) is 3.40. The van der Waals surface area contributed by atoms with Gasteiger partial charge in [-0.1, -0.05) is 36.4 Å². The number of hydrogen-bond acceptors (Lipinski definition) is 3. The van der Waals surface area contributed by atoms with Gasteiger partial charge in [-0.2, -0.15) is 0 Å². The van der Waals surface area contributed by atoms with Gasteiger partial charge in [-0.3, -0.25) is 9.36 Å². The molecule has 5 heteroatoms. The van der Waals surface area contributed by atoms with Gasteiger partial charge in [0.2, 0.25) is 5.91 Å². The molecule has 1 aliphatic heterocycles. The van der Waals surface area contributed by atoms with E-state index < -0.39 is 0 Å².